The molecule has 3 heterocycles. The van der Waals surface area contributed by atoms with Crippen LogP contribution < -0.4 is 19.9 Å². The highest BCUT2D eigenvalue weighted by Gasteiger charge is 2.48. The topological polar surface area (TPSA) is 81.1 Å². The van der Waals surface area contributed by atoms with E-state index < -0.39 is 53.7 Å². The summed E-state index contributed by atoms with van der Waals surface area (Å²) in [5, 5.41) is 1.58. The van der Waals surface area contributed by atoms with E-state index in [1.54, 1.807) is 29.9 Å². The largest absolute Gasteiger partial charge is 0.496 e. The lowest BCUT2D eigenvalue weighted by Crippen LogP contribution is -2.60. The molecule has 0 fully saturated rings. The van der Waals surface area contributed by atoms with Crippen molar-refractivity contribution >= 4 is 23.6 Å². The minimum atomic E-state index is -4.75. The molecule has 2 atom stereocenters. The molecule has 1 aromatic heterocycles. The number of ether oxygens (including phenoxy) is 2. The number of alkyl halides is 3. The molecule has 39 heavy (non-hydrogen) atoms. The number of aromatic nitrogens is 1. The molecular formula is C27H24F3N3O5S. The van der Waals surface area contributed by atoms with E-state index in [1.807, 2.05) is 36.4 Å². The van der Waals surface area contributed by atoms with Crippen LogP contribution in [0, 0.1) is 0 Å². The molecule has 0 unspecified atom stereocenters. The second kappa shape index (κ2) is 9.99. The Bertz CT molecular complexity index is 1520. The maximum atomic E-state index is 14.0. The van der Waals surface area contributed by atoms with Gasteiger partial charge in [0, 0.05) is 35.4 Å². The van der Waals surface area contributed by atoms with Gasteiger partial charge in [0.25, 0.3) is 5.91 Å². The molecule has 8 nitrogen and oxygen atoms in total. The Morgan fingerprint density at radius 2 is 1.79 bits per heavy atom. The van der Waals surface area contributed by atoms with Crippen molar-refractivity contribution in [1.29, 1.82) is 0 Å². The Morgan fingerprint density at radius 1 is 1.08 bits per heavy atom. The lowest BCUT2D eigenvalue weighted by molar-refractivity contribution is -0.173. The number of esters is 1. The molecule has 0 spiro atoms. The minimum Gasteiger partial charge on any atom is -0.496 e. The number of benzene rings is 2. The van der Waals surface area contributed by atoms with E-state index in [2.05, 4.69) is 0 Å². The monoisotopic (exact) mass is 559 g/mol. The second-order valence-corrected chi connectivity index (χ2v) is 10.1. The first kappa shape index (κ1) is 26.7. The van der Waals surface area contributed by atoms with E-state index in [-0.39, 0.29) is 0 Å². The molecule has 5 rings (SSSR count). The Balaban J connectivity index is 1.81. The quantitative estimate of drug-likeness (QED) is 0.436. The zero-order chi connectivity index (χ0) is 28.1. The summed E-state index contributed by atoms with van der Waals surface area (Å²) in [5.41, 5.74) is 1.15. The Kier molecular flexibility index (Phi) is 6.83. The fourth-order valence-corrected chi connectivity index (χ4v) is 6.06. The number of amides is 1. The Labute approximate surface area is 225 Å². The van der Waals surface area contributed by atoms with Gasteiger partial charge in [-0.05, 0) is 30.2 Å². The molecule has 2 aliphatic rings. The average Bonchev–Trinajstić information content (AvgIpc) is 3.06. The molecular weight excluding hydrogens is 535 g/mol. The van der Waals surface area contributed by atoms with E-state index >= 15 is 0 Å². The molecule has 0 bridgehead atoms. The highest BCUT2D eigenvalue weighted by molar-refractivity contribution is 7.98. The summed E-state index contributed by atoms with van der Waals surface area (Å²) < 4.78 is 54.0. The molecule has 0 N–H and O–H groups in total. The smallest absolute Gasteiger partial charge is 0.408 e. The fraction of sp³-hybridized carbons (Fsp3) is 0.296. The number of rotatable bonds is 4. The van der Waals surface area contributed by atoms with Crippen molar-refractivity contribution in [3.05, 3.63) is 87.3 Å². The maximum Gasteiger partial charge on any atom is 0.408 e. The Hall–Kier alpha value is -3.93. The fourth-order valence-electron chi connectivity index (χ4n) is 4.93. The Morgan fingerprint density at radius 3 is 2.49 bits per heavy atom. The van der Waals surface area contributed by atoms with E-state index in [4.69, 9.17) is 9.47 Å². The third-order valence-electron chi connectivity index (χ3n) is 6.83. The lowest BCUT2D eigenvalue weighted by Gasteiger charge is -2.46. The summed E-state index contributed by atoms with van der Waals surface area (Å²) in [6.45, 7) is 1.47. The van der Waals surface area contributed by atoms with Crippen LogP contribution in [0.1, 0.15) is 47.1 Å². The molecule has 1 amide bonds. The van der Waals surface area contributed by atoms with Crippen molar-refractivity contribution in [2.45, 2.75) is 42.8 Å². The van der Waals surface area contributed by atoms with Crippen LogP contribution in [-0.4, -0.2) is 47.4 Å². The van der Waals surface area contributed by atoms with Crippen molar-refractivity contribution in [2.75, 3.05) is 18.8 Å². The molecule has 2 aliphatic heterocycles. The van der Waals surface area contributed by atoms with Crippen LogP contribution in [0.4, 0.5) is 13.2 Å². The van der Waals surface area contributed by atoms with Gasteiger partial charge in [-0.2, -0.15) is 13.2 Å². The van der Waals surface area contributed by atoms with Gasteiger partial charge >= 0.3 is 12.1 Å². The molecule has 12 heteroatoms. The van der Waals surface area contributed by atoms with Gasteiger partial charge in [0.2, 0.25) is 11.2 Å². The molecule has 2 aromatic carbocycles. The zero-order valence-corrected chi connectivity index (χ0v) is 22.0. The predicted molar refractivity (Wildman–Crippen MR) is 138 cm³/mol. The number of carbonyl (C=O) groups is 2. The number of fused-ring (bicyclic) bond motifs is 3. The van der Waals surface area contributed by atoms with Crippen molar-refractivity contribution in [3.8, 4) is 11.5 Å². The number of carbonyl (C=O) groups excluding carboxylic acids is 2. The number of hydrogen-bond donors (Lipinski definition) is 0. The summed E-state index contributed by atoms with van der Waals surface area (Å²) in [7, 11) is 1.55. The van der Waals surface area contributed by atoms with Crippen LogP contribution >= 0.6 is 11.8 Å². The van der Waals surface area contributed by atoms with Crippen molar-refractivity contribution in [2.24, 2.45) is 0 Å². The standard InChI is InChI=1S/C27H24F3N3O5S/c1-15(27(28,29)30)31-14-33(32-12-11-20(35)25(38-16(2)34)24(32)26(31)36)23-17-8-6-9-21(37-3)19(17)13-39-22-10-5-4-7-18(22)23/h4-12,15,23H,13-14H2,1-3H3/t15-,23+/m1/s1. The summed E-state index contributed by atoms with van der Waals surface area (Å²) in [5.74, 6) is -1.42. The van der Waals surface area contributed by atoms with E-state index in [9.17, 15) is 27.6 Å². The summed E-state index contributed by atoms with van der Waals surface area (Å²) in [4.78, 5) is 39.7. The lowest BCUT2D eigenvalue weighted by atomic mass is 9.93. The number of thioether (sulfide) groups is 1. The van der Waals surface area contributed by atoms with Gasteiger partial charge in [-0.1, -0.05) is 30.3 Å². The van der Waals surface area contributed by atoms with Crippen molar-refractivity contribution in [1.82, 2.24) is 9.58 Å². The summed E-state index contributed by atoms with van der Waals surface area (Å²) in [6.07, 6.45) is -3.43. The number of methoxy groups -OCH3 is 1. The first-order valence-electron chi connectivity index (χ1n) is 12.0. The molecule has 204 valence electrons. The number of pyridine rings is 1. The van der Waals surface area contributed by atoms with Crippen molar-refractivity contribution < 1.29 is 32.2 Å². The van der Waals surface area contributed by atoms with E-state index in [0.29, 0.717) is 16.4 Å². The van der Waals surface area contributed by atoms with Crippen LogP contribution in [0.25, 0.3) is 0 Å². The summed E-state index contributed by atoms with van der Waals surface area (Å²) in [6, 6.07) is 11.2. The molecule has 3 aromatic rings. The van der Waals surface area contributed by atoms with Gasteiger partial charge in [-0.15, -0.1) is 11.8 Å². The normalized spacial score (nSPS) is 17.5. The van der Waals surface area contributed by atoms with E-state index in [1.165, 1.54) is 10.9 Å². The van der Waals surface area contributed by atoms with Gasteiger partial charge in [-0.3, -0.25) is 24.1 Å². The SMILES string of the molecule is COc1cccc2c1CSc1ccccc1[C@H]2N1CN([C@H](C)C(F)(F)F)C(=O)c2c(OC(C)=O)c(=O)ccn21. The highest BCUT2D eigenvalue weighted by Crippen LogP contribution is 2.45. The van der Waals surface area contributed by atoms with Gasteiger partial charge in [0.05, 0.1) is 13.2 Å². The van der Waals surface area contributed by atoms with Crippen LogP contribution in [0.3, 0.4) is 0 Å². The zero-order valence-electron chi connectivity index (χ0n) is 21.2. The van der Waals surface area contributed by atoms with Crippen LogP contribution in [-0.2, 0) is 10.5 Å². The van der Waals surface area contributed by atoms with Gasteiger partial charge < -0.3 is 14.4 Å². The third-order valence-corrected chi connectivity index (χ3v) is 7.94. The second-order valence-electron chi connectivity index (χ2n) is 9.13. The number of halogens is 3. The minimum absolute atomic E-state index is 0.459. The highest BCUT2D eigenvalue weighted by atomic mass is 32.2. The maximum absolute atomic E-state index is 14.0. The van der Waals surface area contributed by atoms with Gasteiger partial charge in [0.1, 0.15) is 18.5 Å². The van der Waals surface area contributed by atoms with Gasteiger partial charge in [0.15, 0.2) is 5.69 Å². The molecule has 0 radical (unpaired) electrons. The molecule has 0 saturated carbocycles. The van der Waals surface area contributed by atoms with Gasteiger partial charge in [-0.25, -0.2) is 0 Å². The third kappa shape index (κ3) is 4.62. The summed E-state index contributed by atoms with van der Waals surface area (Å²) >= 11 is 1.56. The van der Waals surface area contributed by atoms with E-state index in [0.717, 1.165) is 41.5 Å². The van der Waals surface area contributed by atoms with Crippen LogP contribution in [0.2, 0.25) is 0 Å². The van der Waals surface area contributed by atoms with Crippen LogP contribution in [0.15, 0.2) is 64.4 Å². The number of hydrogen-bond acceptors (Lipinski definition) is 7. The first-order valence-corrected chi connectivity index (χ1v) is 13.0. The van der Waals surface area contributed by atoms with Crippen molar-refractivity contribution in [3.63, 3.8) is 0 Å². The molecule has 0 aliphatic carbocycles. The predicted octanol–water partition coefficient (Wildman–Crippen LogP) is 4.48. The average molecular weight is 560 g/mol. The number of nitrogens with zero attached hydrogens (tertiary/aromatic N) is 3. The first-order chi connectivity index (χ1) is 18.5. The molecule has 0 saturated heterocycles. The van der Waals surface area contributed by atoms with Crippen LogP contribution in [0.5, 0.6) is 11.5 Å².